The van der Waals surface area contributed by atoms with Gasteiger partial charge in [0, 0.05) is 13.4 Å². The smallest absolute Gasteiger partial charge is 0.0357 e. The maximum Gasteiger partial charge on any atom is 0.0357 e. The van der Waals surface area contributed by atoms with Gasteiger partial charge < -0.3 is 0 Å². The van der Waals surface area contributed by atoms with Crippen LogP contribution in [0.25, 0.3) is 0 Å². The van der Waals surface area contributed by atoms with Crippen molar-refractivity contribution < 1.29 is 0 Å². The molecule has 0 N–H and O–H groups in total. The van der Waals surface area contributed by atoms with E-state index in [2.05, 4.69) is 54.7 Å². The topological polar surface area (TPSA) is 0 Å². The van der Waals surface area contributed by atoms with Gasteiger partial charge in [-0.1, -0.05) is 15.9 Å². The van der Waals surface area contributed by atoms with Crippen molar-refractivity contribution in [2.75, 3.05) is 0 Å². The Bertz CT molecular complexity index is 228. The highest BCUT2D eigenvalue weighted by Crippen LogP contribution is 2.30. The molecule has 10 heavy (non-hydrogen) atoms. The Hall–Kier alpha value is 0.660. The van der Waals surface area contributed by atoms with Crippen molar-refractivity contribution in [3.8, 4) is 0 Å². The Morgan fingerprint density at radius 3 is 2.00 bits per heavy atom. The average Bonchev–Trinajstić information content (AvgIpc) is 1.93. The molecule has 0 unspecified atom stereocenters. The number of hydrogen-bond donors (Lipinski definition) is 0. The van der Waals surface area contributed by atoms with Crippen molar-refractivity contribution in [3.05, 3.63) is 31.1 Å². The normalized spacial score (nSPS) is 10.0. The minimum Gasteiger partial charge on any atom is -0.0505 e. The summed E-state index contributed by atoms with van der Waals surface area (Å²) < 4.78 is 3.33. The van der Waals surface area contributed by atoms with E-state index in [4.69, 9.17) is 0 Å². The van der Waals surface area contributed by atoms with Gasteiger partial charge in [-0.25, -0.2) is 0 Å². The molecule has 0 saturated heterocycles. The fourth-order valence-electron chi connectivity index (χ4n) is 0.628. The highest BCUT2D eigenvalue weighted by Gasteiger charge is 2.01. The van der Waals surface area contributed by atoms with Crippen LogP contribution < -0.4 is 0 Å². The highest BCUT2D eigenvalue weighted by atomic mass is 79.9. The van der Waals surface area contributed by atoms with Crippen LogP contribution in [0.3, 0.4) is 0 Å². The van der Waals surface area contributed by atoms with Crippen molar-refractivity contribution in [3.63, 3.8) is 0 Å². The lowest BCUT2D eigenvalue weighted by atomic mass is 10.2. The molecule has 0 atom stereocenters. The van der Waals surface area contributed by atoms with Crippen LogP contribution >= 0.6 is 47.8 Å². The van der Waals surface area contributed by atoms with Gasteiger partial charge >= 0.3 is 0 Å². The summed E-state index contributed by atoms with van der Waals surface area (Å²) in [5, 5.41) is 0. The summed E-state index contributed by atoms with van der Waals surface area (Å²) in [4.78, 5) is 0. The molecule has 0 nitrogen and oxygen atoms in total. The molecule has 0 aliphatic carbocycles. The van der Waals surface area contributed by atoms with Gasteiger partial charge in [-0.2, -0.15) is 0 Å². The predicted molar refractivity (Wildman–Crippen MR) is 54.3 cm³/mol. The van der Waals surface area contributed by atoms with Crippen LogP contribution in [0.15, 0.2) is 25.6 Å². The van der Waals surface area contributed by atoms with Crippen LogP contribution in [-0.2, 0) is 0 Å². The SMILES string of the molecule is Cc1c(Br)ccc(Br)c1Br. The minimum absolute atomic E-state index is 1.09. The molecule has 0 radical (unpaired) electrons. The monoisotopic (exact) mass is 326 g/mol. The third kappa shape index (κ3) is 1.63. The standard InChI is InChI=1S/C7H5Br3/c1-4-5(8)2-3-6(9)7(4)10/h2-3H,1H3. The van der Waals surface area contributed by atoms with Gasteiger partial charge in [-0.15, -0.1) is 0 Å². The van der Waals surface area contributed by atoms with E-state index in [-0.39, 0.29) is 0 Å². The Balaban J connectivity index is 3.34. The zero-order valence-corrected chi connectivity index (χ0v) is 10.0. The van der Waals surface area contributed by atoms with Crippen LogP contribution in [0.4, 0.5) is 0 Å². The van der Waals surface area contributed by atoms with E-state index in [1.807, 2.05) is 12.1 Å². The average molecular weight is 329 g/mol. The van der Waals surface area contributed by atoms with E-state index in [0.29, 0.717) is 0 Å². The largest absolute Gasteiger partial charge is 0.0505 e. The van der Waals surface area contributed by atoms with Crippen LogP contribution in [0.2, 0.25) is 0 Å². The lowest BCUT2D eigenvalue weighted by molar-refractivity contribution is 1.37. The van der Waals surface area contributed by atoms with Crippen molar-refractivity contribution in [2.24, 2.45) is 0 Å². The molecule has 0 aromatic heterocycles. The summed E-state index contributed by atoms with van der Waals surface area (Å²) in [5.74, 6) is 0. The Labute approximate surface area is 85.4 Å². The Kier molecular flexibility index (Phi) is 2.95. The minimum atomic E-state index is 1.09. The lowest BCUT2D eigenvalue weighted by Crippen LogP contribution is -1.78. The first-order valence-corrected chi connectivity index (χ1v) is 5.11. The molecule has 0 heterocycles. The number of halogens is 3. The fraction of sp³-hybridized carbons (Fsp3) is 0.143. The highest BCUT2D eigenvalue weighted by molar-refractivity contribution is 9.13. The lowest BCUT2D eigenvalue weighted by Gasteiger charge is -2.01. The first kappa shape index (κ1) is 8.75. The predicted octanol–water partition coefficient (Wildman–Crippen LogP) is 4.28. The molecular formula is C7H5Br3. The van der Waals surface area contributed by atoms with Gasteiger partial charge in [0.1, 0.15) is 0 Å². The summed E-state index contributed by atoms with van der Waals surface area (Å²) >= 11 is 10.3. The van der Waals surface area contributed by atoms with Crippen molar-refractivity contribution in [1.82, 2.24) is 0 Å². The van der Waals surface area contributed by atoms with E-state index in [0.717, 1.165) is 13.4 Å². The van der Waals surface area contributed by atoms with Crippen molar-refractivity contribution in [2.45, 2.75) is 6.92 Å². The summed E-state index contributed by atoms with van der Waals surface area (Å²) in [6.45, 7) is 2.05. The number of rotatable bonds is 0. The zero-order valence-electron chi connectivity index (χ0n) is 5.29. The molecule has 0 bridgehead atoms. The summed E-state index contributed by atoms with van der Waals surface area (Å²) in [6, 6.07) is 4.02. The quantitative estimate of drug-likeness (QED) is 0.623. The van der Waals surface area contributed by atoms with Gasteiger partial charge in [0.25, 0.3) is 0 Å². The fourth-order valence-corrected chi connectivity index (χ4v) is 2.00. The summed E-state index contributed by atoms with van der Waals surface area (Å²) in [7, 11) is 0. The van der Waals surface area contributed by atoms with Crippen LogP contribution in [0.1, 0.15) is 5.56 Å². The van der Waals surface area contributed by atoms with Gasteiger partial charge in [-0.3, -0.25) is 0 Å². The first-order chi connectivity index (χ1) is 4.63. The molecule has 0 aliphatic rings. The van der Waals surface area contributed by atoms with Crippen LogP contribution in [-0.4, -0.2) is 0 Å². The first-order valence-electron chi connectivity index (χ1n) is 2.73. The number of hydrogen-bond acceptors (Lipinski definition) is 0. The maximum absolute atomic E-state index is 3.45. The molecule has 0 fully saturated rings. The van der Waals surface area contributed by atoms with Gasteiger partial charge in [0.05, 0.1) is 0 Å². The third-order valence-corrected chi connectivity index (χ3v) is 4.35. The van der Waals surface area contributed by atoms with Crippen molar-refractivity contribution in [1.29, 1.82) is 0 Å². The Morgan fingerprint density at radius 2 is 1.50 bits per heavy atom. The molecule has 54 valence electrons. The van der Waals surface area contributed by atoms with Crippen LogP contribution in [0.5, 0.6) is 0 Å². The second-order valence-corrected chi connectivity index (χ2v) is 4.47. The van der Waals surface area contributed by atoms with Gasteiger partial charge in [-0.05, 0) is 56.5 Å². The maximum atomic E-state index is 3.45. The summed E-state index contributed by atoms with van der Waals surface area (Å²) in [6.07, 6.45) is 0. The van der Waals surface area contributed by atoms with Gasteiger partial charge in [0.15, 0.2) is 0 Å². The van der Waals surface area contributed by atoms with E-state index >= 15 is 0 Å². The molecule has 0 aliphatic heterocycles. The van der Waals surface area contributed by atoms with E-state index in [1.54, 1.807) is 0 Å². The molecule has 0 saturated carbocycles. The molecule has 0 spiro atoms. The molecular weight excluding hydrogens is 324 g/mol. The zero-order chi connectivity index (χ0) is 7.72. The molecule has 1 aromatic rings. The van der Waals surface area contributed by atoms with E-state index in [9.17, 15) is 0 Å². The van der Waals surface area contributed by atoms with Crippen molar-refractivity contribution >= 4 is 47.8 Å². The van der Waals surface area contributed by atoms with Crippen LogP contribution in [0, 0.1) is 6.92 Å². The van der Waals surface area contributed by atoms with E-state index in [1.165, 1.54) is 5.56 Å². The second-order valence-electron chi connectivity index (χ2n) is 1.97. The summed E-state index contributed by atoms with van der Waals surface area (Å²) in [5.41, 5.74) is 1.22. The molecule has 1 rings (SSSR count). The molecule has 0 amide bonds. The second kappa shape index (κ2) is 3.37. The molecule has 1 aromatic carbocycles. The van der Waals surface area contributed by atoms with E-state index < -0.39 is 0 Å². The third-order valence-electron chi connectivity index (χ3n) is 1.27. The number of benzene rings is 1. The molecule has 3 heteroatoms. The van der Waals surface area contributed by atoms with Gasteiger partial charge in [0.2, 0.25) is 0 Å². The Morgan fingerprint density at radius 1 is 1.00 bits per heavy atom.